The van der Waals surface area contributed by atoms with Crippen molar-refractivity contribution >= 4 is 23.3 Å². The molecular formula is C21H22FN3OS. The highest BCUT2D eigenvalue weighted by Crippen LogP contribution is 2.29. The van der Waals surface area contributed by atoms with E-state index < -0.39 is 0 Å². The van der Waals surface area contributed by atoms with E-state index in [-0.39, 0.29) is 17.8 Å². The molecule has 27 heavy (non-hydrogen) atoms. The molecule has 6 heteroatoms. The van der Waals surface area contributed by atoms with Crippen LogP contribution in [0.1, 0.15) is 24.3 Å². The number of nitrogens with zero attached hydrogens (tertiary/aromatic N) is 3. The first-order chi connectivity index (χ1) is 12.9. The molecule has 0 aliphatic heterocycles. The van der Waals surface area contributed by atoms with Crippen LogP contribution in [0.2, 0.25) is 0 Å². The maximum Gasteiger partial charge on any atom is 0.247 e. The molecule has 2 heterocycles. The van der Waals surface area contributed by atoms with Gasteiger partial charge in [0.05, 0.1) is 6.20 Å². The molecule has 0 radical (unpaired) electrons. The fraction of sp³-hybridized carbons (Fsp3) is 0.238. The third-order valence-corrected chi connectivity index (χ3v) is 5.26. The van der Waals surface area contributed by atoms with Gasteiger partial charge in [0.15, 0.2) is 0 Å². The second-order valence-corrected chi connectivity index (χ2v) is 7.74. The van der Waals surface area contributed by atoms with Crippen LogP contribution in [-0.4, -0.2) is 26.6 Å². The number of halogens is 1. The number of aromatic nitrogens is 2. The van der Waals surface area contributed by atoms with E-state index in [0.717, 1.165) is 20.9 Å². The van der Waals surface area contributed by atoms with E-state index >= 15 is 0 Å². The minimum absolute atomic E-state index is 0.0365. The zero-order chi connectivity index (χ0) is 19.4. The minimum atomic E-state index is -0.247. The molecule has 0 aliphatic carbocycles. The van der Waals surface area contributed by atoms with Gasteiger partial charge in [0.2, 0.25) is 5.91 Å². The molecule has 0 saturated heterocycles. The molecule has 0 N–H and O–H groups in total. The molecule has 0 spiro atoms. The van der Waals surface area contributed by atoms with Crippen LogP contribution in [0.5, 0.6) is 0 Å². The highest BCUT2D eigenvalue weighted by atomic mass is 32.1. The van der Waals surface area contributed by atoms with Crippen LogP contribution in [0, 0.1) is 5.82 Å². The zero-order valence-electron chi connectivity index (χ0n) is 15.6. The number of rotatable bonds is 6. The van der Waals surface area contributed by atoms with Crippen LogP contribution in [0.25, 0.3) is 16.5 Å². The number of amides is 1. The van der Waals surface area contributed by atoms with E-state index in [1.807, 2.05) is 50.2 Å². The van der Waals surface area contributed by atoms with E-state index in [0.29, 0.717) is 6.54 Å². The topological polar surface area (TPSA) is 38.1 Å². The fourth-order valence-electron chi connectivity index (χ4n) is 2.73. The lowest BCUT2D eigenvalue weighted by molar-refractivity contribution is -0.128. The van der Waals surface area contributed by atoms with Crippen molar-refractivity contribution in [3.63, 3.8) is 0 Å². The summed E-state index contributed by atoms with van der Waals surface area (Å²) in [5, 5.41) is 4.16. The number of aryl methyl sites for hydroxylation is 1. The fourth-order valence-corrected chi connectivity index (χ4v) is 3.64. The van der Waals surface area contributed by atoms with Gasteiger partial charge in [0.25, 0.3) is 0 Å². The Kier molecular flexibility index (Phi) is 5.86. The minimum Gasteiger partial charge on any atom is -0.332 e. The van der Waals surface area contributed by atoms with Gasteiger partial charge < -0.3 is 4.90 Å². The van der Waals surface area contributed by atoms with Gasteiger partial charge in [-0.3, -0.25) is 9.48 Å². The summed E-state index contributed by atoms with van der Waals surface area (Å²) in [7, 11) is 1.86. The first-order valence-corrected chi connectivity index (χ1v) is 9.56. The molecule has 3 aromatic rings. The van der Waals surface area contributed by atoms with Crippen molar-refractivity contribution in [1.82, 2.24) is 14.7 Å². The van der Waals surface area contributed by atoms with E-state index in [4.69, 9.17) is 0 Å². The summed E-state index contributed by atoms with van der Waals surface area (Å²) in [6.45, 7) is 4.53. The summed E-state index contributed by atoms with van der Waals surface area (Å²) >= 11 is 1.57. The Labute approximate surface area is 162 Å². The molecule has 140 valence electrons. The number of hydrogen-bond acceptors (Lipinski definition) is 3. The first-order valence-electron chi connectivity index (χ1n) is 8.74. The maximum absolute atomic E-state index is 13.1. The van der Waals surface area contributed by atoms with Crippen molar-refractivity contribution < 1.29 is 9.18 Å². The Morgan fingerprint density at radius 3 is 2.63 bits per heavy atom. The summed E-state index contributed by atoms with van der Waals surface area (Å²) in [5.74, 6) is -0.283. The lowest BCUT2D eigenvalue weighted by atomic mass is 10.2. The van der Waals surface area contributed by atoms with E-state index in [2.05, 4.69) is 5.10 Å². The third-order valence-electron chi connectivity index (χ3n) is 4.16. The molecule has 0 fully saturated rings. The van der Waals surface area contributed by atoms with Crippen molar-refractivity contribution in [1.29, 1.82) is 0 Å². The lowest BCUT2D eigenvalue weighted by Gasteiger charge is -2.24. The summed E-state index contributed by atoms with van der Waals surface area (Å²) < 4.78 is 14.8. The predicted octanol–water partition coefficient (Wildman–Crippen LogP) is 4.74. The van der Waals surface area contributed by atoms with Crippen molar-refractivity contribution in [2.75, 3.05) is 0 Å². The van der Waals surface area contributed by atoms with Crippen LogP contribution in [0.3, 0.4) is 0 Å². The number of benzene rings is 1. The van der Waals surface area contributed by atoms with Crippen molar-refractivity contribution in [2.24, 2.45) is 7.05 Å². The van der Waals surface area contributed by atoms with Crippen LogP contribution in [0.15, 0.2) is 54.9 Å². The maximum atomic E-state index is 13.1. The van der Waals surface area contributed by atoms with Crippen molar-refractivity contribution in [3.05, 3.63) is 71.1 Å². The molecule has 0 aliphatic rings. The van der Waals surface area contributed by atoms with Crippen LogP contribution < -0.4 is 0 Å². The SMILES string of the molecule is CC(C)N(Cc1cnn(C)c1)C(=O)/C=C/c1ccc(-c2ccc(F)cc2)s1. The van der Waals surface area contributed by atoms with Gasteiger partial charge in [-0.25, -0.2) is 4.39 Å². The summed E-state index contributed by atoms with van der Waals surface area (Å²) in [6.07, 6.45) is 7.14. The molecule has 1 aromatic carbocycles. The average molecular weight is 383 g/mol. The van der Waals surface area contributed by atoms with E-state index in [1.54, 1.807) is 40.4 Å². The summed E-state index contributed by atoms with van der Waals surface area (Å²) in [6, 6.07) is 10.5. The Balaban J connectivity index is 1.70. The lowest BCUT2D eigenvalue weighted by Crippen LogP contribution is -2.35. The average Bonchev–Trinajstić information content (AvgIpc) is 3.27. The molecule has 0 saturated carbocycles. The third kappa shape index (κ3) is 4.92. The van der Waals surface area contributed by atoms with Gasteiger partial charge in [-0.05, 0) is 49.8 Å². The molecule has 2 aromatic heterocycles. The normalized spacial score (nSPS) is 11.4. The zero-order valence-corrected chi connectivity index (χ0v) is 16.4. The van der Waals surface area contributed by atoms with E-state index in [9.17, 15) is 9.18 Å². The van der Waals surface area contributed by atoms with Gasteiger partial charge in [0.1, 0.15) is 5.82 Å². The second kappa shape index (κ2) is 8.31. The molecule has 0 unspecified atom stereocenters. The number of carbonyl (C=O) groups is 1. The standard InChI is InChI=1S/C21H22FN3OS/c1-15(2)25(14-16-12-23-24(3)13-16)21(26)11-9-19-8-10-20(27-19)17-4-6-18(22)7-5-17/h4-13,15H,14H2,1-3H3/b11-9+. The highest BCUT2D eigenvalue weighted by molar-refractivity contribution is 7.16. The Hall–Kier alpha value is -2.73. The van der Waals surface area contributed by atoms with Gasteiger partial charge >= 0.3 is 0 Å². The molecule has 0 atom stereocenters. The number of thiophene rings is 1. The number of hydrogen-bond donors (Lipinski definition) is 0. The Bertz CT molecular complexity index is 941. The molecular weight excluding hydrogens is 361 g/mol. The quantitative estimate of drug-likeness (QED) is 0.577. The van der Waals surface area contributed by atoms with Crippen LogP contribution in [0.4, 0.5) is 4.39 Å². The van der Waals surface area contributed by atoms with Crippen LogP contribution >= 0.6 is 11.3 Å². The van der Waals surface area contributed by atoms with Crippen molar-refractivity contribution in [2.45, 2.75) is 26.4 Å². The first kappa shape index (κ1) is 19.0. The summed E-state index contributed by atoms with van der Waals surface area (Å²) in [4.78, 5) is 16.5. The summed E-state index contributed by atoms with van der Waals surface area (Å²) in [5.41, 5.74) is 1.97. The Morgan fingerprint density at radius 1 is 1.26 bits per heavy atom. The molecule has 4 nitrogen and oxygen atoms in total. The van der Waals surface area contributed by atoms with Gasteiger partial charge in [-0.1, -0.05) is 12.1 Å². The number of carbonyl (C=O) groups excluding carboxylic acids is 1. The van der Waals surface area contributed by atoms with E-state index in [1.165, 1.54) is 12.1 Å². The monoisotopic (exact) mass is 383 g/mol. The Morgan fingerprint density at radius 2 is 2.00 bits per heavy atom. The smallest absolute Gasteiger partial charge is 0.247 e. The van der Waals surface area contributed by atoms with Crippen molar-refractivity contribution in [3.8, 4) is 10.4 Å². The molecule has 0 bridgehead atoms. The molecule has 1 amide bonds. The highest BCUT2D eigenvalue weighted by Gasteiger charge is 2.15. The largest absolute Gasteiger partial charge is 0.332 e. The van der Waals surface area contributed by atoms with Gasteiger partial charge in [-0.15, -0.1) is 11.3 Å². The van der Waals surface area contributed by atoms with Crippen LogP contribution in [-0.2, 0) is 18.4 Å². The predicted molar refractivity (Wildman–Crippen MR) is 108 cm³/mol. The van der Waals surface area contributed by atoms with Gasteiger partial charge in [0, 0.05) is 47.2 Å². The van der Waals surface area contributed by atoms with Gasteiger partial charge in [-0.2, -0.15) is 5.10 Å². The second-order valence-electron chi connectivity index (χ2n) is 6.62. The molecule has 3 rings (SSSR count).